The predicted octanol–water partition coefficient (Wildman–Crippen LogP) is 3.49. The van der Waals surface area contributed by atoms with E-state index in [0.717, 1.165) is 19.3 Å². The first kappa shape index (κ1) is 17.2. The maximum Gasteiger partial charge on any atom is 0.261 e. The molecule has 1 aromatic carbocycles. The summed E-state index contributed by atoms with van der Waals surface area (Å²) in [7, 11) is 0. The van der Waals surface area contributed by atoms with Crippen LogP contribution in [0.5, 0.6) is 0 Å². The van der Waals surface area contributed by atoms with Gasteiger partial charge in [-0.2, -0.15) is 0 Å². The first-order valence-electron chi connectivity index (χ1n) is 8.04. The molecule has 0 N–H and O–H groups in total. The molecular weight excluding hydrogens is 349 g/mol. The van der Waals surface area contributed by atoms with Crippen LogP contribution < -0.4 is 5.56 Å². The van der Waals surface area contributed by atoms with Crippen LogP contribution in [0.4, 0.5) is 0 Å². The summed E-state index contributed by atoms with van der Waals surface area (Å²) < 4.78 is 1.32. The van der Waals surface area contributed by atoms with Crippen LogP contribution in [0, 0.1) is 0 Å². The van der Waals surface area contributed by atoms with Crippen LogP contribution >= 0.6 is 23.2 Å². The van der Waals surface area contributed by atoms with Gasteiger partial charge in [0.25, 0.3) is 5.56 Å². The van der Waals surface area contributed by atoms with E-state index in [4.69, 9.17) is 23.2 Å². The fourth-order valence-corrected chi connectivity index (χ4v) is 3.99. The second-order valence-corrected chi connectivity index (χ2v) is 7.23. The molecule has 24 heavy (non-hydrogen) atoms. The number of hydrogen-bond donors (Lipinski definition) is 0. The quantitative estimate of drug-likeness (QED) is 0.815. The highest BCUT2D eigenvalue weighted by atomic mass is 35.5. The van der Waals surface area contributed by atoms with Crippen molar-refractivity contribution in [1.29, 1.82) is 0 Å². The highest BCUT2D eigenvalue weighted by Crippen LogP contribution is 2.25. The Morgan fingerprint density at radius 2 is 1.92 bits per heavy atom. The third-order valence-corrected chi connectivity index (χ3v) is 5.14. The molecular formula is C17H19Cl2N3O2. The minimum Gasteiger partial charge on any atom is -0.336 e. The molecule has 0 bridgehead atoms. The highest BCUT2D eigenvalue weighted by Gasteiger charge is 2.29. The maximum atomic E-state index is 12.7. The molecule has 128 valence electrons. The fraction of sp³-hybridized carbons (Fsp3) is 0.471. The molecule has 7 heteroatoms. The average Bonchev–Trinajstić information content (AvgIpc) is 2.50. The van der Waals surface area contributed by atoms with E-state index in [1.54, 1.807) is 6.07 Å². The lowest BCUT2D eigenvalue weighted by Crippen LogP contribution is -2.49. The van der Waals surface area contributed by atoms with Gasteiger partial charge < -0.3 is 4.90 Å². The summed E-state index contributed by atoms with van der Waals surface area (Å²) in [5, 5.41) is 1.02. The lowest BCUT2D eigenvalue weighted by Gasteiger charge is -2.39. The Bertz CT molecular complexity index is 840. The number of aromatic nitrogens is 2. The molecule has 1 aliphatic rings. The van der Waals surface area contributed by atoms with Crippen molar-refractivity contribution in [2.75, 3.05) is 0 Å². The molecule has 2 heterocycles. The van der Waals surface area contributed by atoms with E-state index in [1.807, 2.05) is 4.90 Å². The van der Waals surface area contributed by atoms with Crippen molar-refractivity contribution in [2.45, 2.75) is 51.7 Å². The molecule has 2 aromatic rings. The number of carbonyl (C=O) groups is 1. The van der Waals surface area contributed by atoms with Crippen molar-refractivity contribution in [2.24, 2.45) is 0 Å². The molecule has 1 fully saturated rings. The molecule has 1 aromatic heterocycles. The number of carbonyl (C=O) groups excluding carboxylic acids is 1. The molecule has 0 radical (unpaired) electrons. The van der Waals surface area contributed by atoms with E-state index in [9.17, 15) is 9.59 Å². The van der Waals surface area contributed by atoms with Crippen molar-refractivity contribution >= 4 is 40.0 Å². The Morgan fingerprint density at radius 3 is 2.58 bits per heavy atom. The van der Waals surface area contributed by atoms with E-state index >= 15 is 0 Å². The first-order valence-corrected chi connectivity index (χ1v) is 8.79. The summed E-state index contributed by atoms with van der Waals surface area (Å²) in [6.07, 6.45) is 4.49. The summed E-state index contributed by atoms with van der Waals surface area (Å²) >= 11 is 12.1. The lowest BCUT2D eigenvalue weighted by molar-refractivity contribution is -0.138. The minimum atomic E-state index is -0.310. The first-order chi connectivity index (χ1) is 11.4. The summed E-state index contributed by atoms with van der Waals surface area (Å²) in [5.41, 5.74) is 0.0875. The van der Waals surface area contributed by atoms with Gasteiger partial charge in [0, 0.05) is 17.1 Å². The molecule has 1 aliphatic heterocycles. The van der Waals surface area contributed by atoms with E-state index in [0.29, 0.717) is 20.9 Å². The van der Waals surface area contributed by atoms with Gasteiger partial charge in [-0.1, -0.05) is 23.2 Å². The number of hydrogen-bond acceptors (Lipinski definition) is 3. The molecule has 3 rings (SSSR count). The molecule has 1 amide bonds. The van der Waals surface area contributed by atoms with E-state index in [2.05, 4.69) is 18.8 Å². The van der Waals surface area contributed by atoms with Gasteiger partial charge in [-0.15, -0.1) is 0 Å². The zero-order valence-corrected chi connectivity index (χ0v) is 15.1. The van der Waals surface area contributed by atoms with Crippen LogP contribution in [0.3, 0.4) is 0 Å². The Hall–Kier alpha value is -1.59. The minimum absolute atomic E-state index is 0.0272. The molecule has 0 aliphatic carbocycles. The topological polar surface area (TPSA) is 55.2 Å². The van der Waals surface area contributed by atoms with Crippen LogP contribution in [0.15, 0.2) is 23.3 Å². The number of nitrogens with zero attached hydrogens (tertiary/aromatic N) is 3. The highest BCUT2D eigenvalue weighted by molar-refractivity contribution is 6.38. The van der Waals surface area contributed by atoms with Gasteiger partial charge in [-0.25, -0.2) is 4.98 Å². The second kappa shape index (κ2) is 6.73. The molecule has 0 spiro atoms. The van der Waals surface area contributed by atoms with Crippen molar-refractivity contribution in [3.63, 3.8) is 0 Å². The zero-order valence-electron chi connectivity index (χ0n) is 13.6. The molecule has 5 nitrogen and oxygen atoms in total. The van der Waals surface area contributed by atoms with E-state index in [1.165, 1.54) is 17.0 Å². The Balaban J connectivity index is 1.94. The van der Waals surface area contributed by atoms with Gasteiger partial charge in [-0.05, 0) is 45.2 Å². The largest absolute Gasteiger partial charge is 0.336 e. The van der Waals surface area contributed by atoms with Crippen LogP contribution in [0.2, 0.25) is 10.0 Å². The monoisotopic (exact) mass is 367 g/mol. The molecule has 1 saturated heterocycles. The Kier molecular flexibility index (Phi) is 4.83. The zero-order chi connectivity index (χ0) is 17.4. The number of likely N-dealkylation sites (tertiary alicyclic amines) is 1. The molecule has 0 unspecified atom stereocenters. The lowest BCUT2D eigenvalue weighted by atomic mass is 9.97. The molecule has 0 saturated carbocycles. The van der Waals surface area contributed by atoms with Crippen molar-refractivity contribution in [3.05, 3.63) is 38.9 Å². The number of halogens is 2. The van der Waals surface area contributed by atoms with Gasteiger partial charge in [0.15, 0.2) is 0 Å². The maximum absolute atomic E-state index is 12.7. The second-order valence-electron chi connectivity index (χ2n) is 6.39. The van der Waals surface area contributed by atoms with E-state index in [-0.39, 0.29) is 30.1 Å². The normalized spacial score (nSPS) is 21.2. The van der Waals surface area contributed by atoms with Crippen molar-refractivity contribution in [1.82, 2.24) is 14.5 Å². The third kappa shape index (κ3) is 3.15. The van der Waals surface area contributed by atoms with Gasteiger partial charge >= 0.3 is 0 Å². The summed E-state index contributed by atoms with van der Waals surface area (Å²) in [6.45, 7) is 4.07. The summed E-state index contributed by atoms with van der Waals surface area (Å²) in [4.78, 5) is 31.4. The van der Waals surface area contributed by atoms with Gasteiger partial charge in [0.2, 0.25) is 5.91 Å². The van der Waals surface area contributed by atoms with Crippen LogP contribution in [-0.2, 0) is 11.3 Å². The number of benzene rings is 1. The smallest absolute Gasteiger partial charge is 0.261 e. The standard InChI is InChI=1S/C17H19Cl2N3O2/c1-10-4-3-5-11(2)22(10)15(23)8-21-9-20-16-13(17(21)24)6-12(18)7-14(16)19/h6-7,9-11H,3-5,8H2,1-2H3/t10-,11-/m1/s1. The number of rotatable bonds is 2. The number of fused-ring (bicyclic) bond motifs is 1. The molecule has 2 atom stereocenters. The summed E-state index contributed by atoms with van der Waals surface area (Å²) in [6, 6.07) is 3.46. The third-order valence-electron chi connectivity index (χ3n) is 4.63. The van der Waals surface area contributed by atoms with E-state index < -0.39 is 0 Å². The average molecular weight is 368 g/mol. The van der Waals surface area contributed by atoms with Crippen LogP contribution in [-0.4, -0.2) is 32.4 Å². The van der Waals surface area contributed by atoms with Gasteiger partial charge in [-0.3, -0.25) is 14.2 Å². The van der Waals surface area contributed by atoms with Gasteiger partial charge in [0.05, 0.1) is 22.3 Å². The number of piperidine rings is 1. The SMILES string of the molecule is C[C@@H]1CCC[C@@H](C)N1C(=O)Cn1cnc2c(Cl)cc(Cl)cc2c1=O. The van der Waals surface area contributed by atoms with Gasteiger partial charge in [0.1, 0.15) is 6.54 Å². The van der Waals surface area contributed by atoms with Crippen molar-refractivity contribution < 1.29 is 4.79 Å². The van der Waals surface area contributed by atoms with Crippen LogP contribution in [0.1, 0.15) is 33.1 Å². The fourth-order valence-electron chi connectivity index (χ4n) is 3.45. The Morgan fingerprint density at radius 1 is 1.25 bits per heavy atom. The Labute approximate surface area is 150 Å². The predicted molar refractivity (Wildman–Crippen MR) is 95.6 cm³/mol. The van der Waals surface area contributed by atoms with Crippen LogP contribution in [0.25, 0.3) is 10.9 Å². The van der Waals surface area contributed by atoms with Crippen molar-refractivity contribution in [3.8, 4) is 0 Å². The number of amides is 1. The summed E-state index contributed by atoms with van der Waals surface area (Å²) in [5.74, 6) is -0.0638.